The second kappa shape index (κ2) is 4.97. The largest absolute Gasteiger partial charge is 0.295 e. The minimum absolute atomic E-state index is 0.822. The molecule has 1 aromatic rings. The summed E-state index contributed by atoms with van der Waals surface area (Å²) in [5.74, 6) is 0.822. The van der Waals surface area contributed by atoms with E-state index in [-0.39, 0.29) is 0 Å². The molecule has 1 atom stereocenters. The summed E-state index contributed by atoms with van der Waals surface area (Å²) < 4.78 is 5.92. The average molecular weight is 283 g/mol. The number of hydrazone groups is 1. The van der Waals surface area contributed by atoms with Gasteiger partial charge < -0.3 is 0 Å². The summed E-state index contributed by atoms with van der Waals surface area (Å²) in [5.41, 5.74) is 4.33. The van der Waals surface area contributed by atoms with Crippen LogP contribution in [0.15, 0.2) is 35.4 Å². The highest BCUT2D eigenvalue weighted by molar-refractivity contribution is 8.11. The van der Waals surface area contributed by atoms with Crippen LogP contribution in [0, 0.1) is 0 Å². The molecule has 0 fully saturated rings. The first kappa shape index (κ1) is 13.5. The molecule has 0 saturated heterocycles. The van der Waals surface area contributed by atoms with E-state index in [2.05, 4.69) is 10.5 Å². The summed E-state index contributed by atoms with van der Waals surface area (Å²) in [5, 5.41) is 4.58. The third-order valence-corrected chi connectivity index (χ3v) is 8.04. The molecule has 2 rings (SSSR count). The molecule has 0 aliphatic carbocycles. The lowest BCUT2D eigenvalue weighted by atomic mass is 10.2. The molecule has 5 nitrogen and oxygen atoms in total. The maximum Gasteiger partial charge on any atom is 0.202 e. The fourth-order valence-electron chi connectivity index (χ4n) is 1.88. The fraction of sp³-hybridized carbons (Fsp3) is 0.364. The van der Waals surface area contributed by atoms with Crippen molar-refractivity contribution in [3.05, 3.63) is 35.9 Å². The van der Waals surface area contributed by atoms with Crippen LogP contribution in [-0.4, -0.2) is 48.3 Å². The SMILES string of the molecule is CN(C)P1(=S)N(C)N=C(c2ccccc2)NN1C. The van der Waals surface area contributed by atoms with E-state index < -0.39 is 6.49 Å². The summed E-state index contributed by atoms with van der Waals surface area (Å²) in [6, 6.07) is 10.0. The third-order valence-electron chi connectivity index (χ3n) is 2.85. The fourth-order valence-corrected chi connectivity index (χ4v) is 3.99. The lowest BCUT2D eigenvalue weighted by Gasteiger charge is -2.44. The highest BCUT2D eigenvalue weighted by Crippen LogP contribution is 2.54. The van der Waals surface area contributed by atoms with Gasteiger partial charge in [-0.05, 0) is 25.9 Å². The van der Waals surface area contributed by atoms with Crippen LogP contribution in [0.3, 0.4) is 0 Å². The molecule has 0 spiro atoms. The van der Waals surface area contributed by atoms with E-state index >= 15 is 0 Å². The normalized spacial score (nSPS) is 24.9. The summed E-state index contributed by atoms with van der Waals surface area (Å²) in [7, 11) is 7.87. The molecule has 0 saturated carbocycles. The molecule has 1 aliphatic heterocycles. The zero-order valence-corrected chi connectivity index (χ0v) is 12.7. The van der Waals surface area contributed by atoms with Crippen molar-refractivity contribution in [3.8, 4) is 0 Å². The molecule has 1 heterocycles. The van der Waals surface area contributed by atoms with Crippen molar-refractivity contribution in [2.75, 3.05) is 28.2 Å². The summed E-state index contributed by atoms with van der Waals surface area (Å²) >= 11 is 5.74. The van der Waals surface area contributed by atoms with Crippen LogP contribution < -0.4 is 5.43 Å². The molecule has 0 amide bonds. The first-order chi connectivity index (χ1) is 8.46. The molecule has 7 heteroatoms. The highest BCUT2D eigenvalue weighted by Gasteiger charge is 2.34. The lowest BCUT2D eigenvalue weighted by Crippen LogP contribution is -2.48. The van der Waals surface area contributed by atoms with Gasteiger partial charge in [0.05, 0.1) is 0 Å². The van der Waals surface area contributed by atoms with E-state index in [0.717, 1.165) is 11.4 Å². The Bertz CT molecular complexity index is 501. The topological polar surface area (TPSA) is 34.1 Å². The van der Waals surface area contributed by atoms with Gasteiger partial charge in [0.1, 0.15) is 0 Å². The van der Waals surface area contributed by atoms with Crippen molar-refractivity contribution >= 4 is 24.1 Å². The van der Waals surface area contributed by atoms with Crippen molar-refractivity contribution in [2.24, 2.45) is 5.10 Å². The number of hydrazine groups is 1. The van der Waals surface area contributed by atoms with Gasteiger partial charge >= 0.3 is 0 Å². The van der Waals surface area contributed by atoms with Gasteiger partial charge in [-0.25, -0.2) is 4.78 Å². The standard InChI is InChI=1S/C11H18N5PS/c1-14(2)17(18)15(3)12-11(13-16(17)4)10-8-6-5-7-9-10/h5-9H,1-4H3,(H,12,13). The van der Waals surface area contributed by atoms with E-state index in [1.807, 2.05) is 72.8 Å². The second-order valence-corrected chi connectivity index (χ2v) is 8.78. The van der Waals surface area contributed by atoms with Crippen molar-refractivity contribution in [1.82, 2.24) is 19.7 Å². The molecule has 1 N–H and O–H groups in total. The van der Waals surface area contributed by atoms with E-state index in [1.165, 1.54) is 0 Å². The Morgan fingerprint density at radius 2 is 1.83 bits per heavy atom. The van der Waals surface area contributed by atoms with E-state index in [0.29, 0.717) is 0 Å². The molecule has 98 valence electrons. The van der Waals surface area contributed by atoms with Crippen molar-refractivity contribution in [1.29, 1.82) is 0 Å². The Morgan fingerprint density at radius 3 is 2.33 bits per heavy atom. The van der Waals surface area contributed by atoms with Crippen LogP contribution >= 0.6 is 6.49 Å². The Morgan fingerprint density at radius 1 is 1.22 bits per heavy atom. The lowest BCUT2D eigenvalue weighted by molar-refractivity contribution is 0.369. The minimum Gasteiger partial charge on any atom is -0.295 e. The predicted octanol–water partition coefficient (Wildman–Crippen LogP) is 1.52. The number of nitrogens with one attached hydrogen (secondary N) is 1. The van der Waals surface area contributed by atoms with Crippen LogP contribution in [0.5, 0.6) is 0 Å². The van der Waals surface area contributed by atoms with Gasteiger partial charge in [0, 0.05) is 19.7 Å². The monoisotopic (exact) mass is 283 g/mol. The molecule has 1 unspecified atom stereocenters. The quantitative estimate of drug-likeness (QED) is 0.832. The van der Waals surface area contributed by atoms with Crippen molar-refractivity contribution in [2.45, 2.75) is 0 Å². The zero-order chi connectivity index (χ0) is 13.3. The zero-order valence-electron chi connectivity index (χ0n) is 11.0. The number of hydrogen-bond donors (Lipinski definition) is 1. The Hall–Kier alpha value is -0.940. The maximum absolute atomic E-state index is 5.74. The average Bonchev–Trinajstić information content (AvgIpc) is 2.36. The van der Waals surface area contributed by atoms with Gasteiger partial charge in [0.15, 0.2) is 5.84 Å². The first-order valence-electron chi connectivity index (χ1n) is 5.63. The highest BCUT2D eigenvalue weighted by atomic mass is 32.4. The van der Waals surface area contributed by atoms with Gasteiger partial charge in [0.2, 0.25) is 6.49 Å². The third kappa shape index (κ3) is 2.17. The Balaban J connectivity index is 2.38. The van der Waals surface area contributed by atoms with E-state index in [4.69, 9.17) is 11.8 Å². The molecule has 18 heavy (non-hydrogen) atoms. The smallest absolute Gasteiger partial charge is 0.202 e. The van der Waals surface area contributed by atoms with Gasteiger partial charge in [0.25, 0.3) is 0 Å². The summed E-state index contributed by atoms with van der Waals surface area (Å²) in [4.78, 5) is 0. The Labute approximate surface area is 113 Å². The summed E-state index contributed by atoms with van der Waals surface area (Å²) in [6.07, 6.45) is 0. The van der Waals surface area contributed by atoms with Crippen LogP contribution in [0.2, 0.25) is 0 Å². The van der Waals surface area contributed by atoms with E-state index in [9.17, 15) is 0 Å². The molecular weight excluding hydrogens is 265 g/mol. The van der Waals surface area contributed by atoms with Crippen LogP contribution in [-0.2, 0) is 11.8 Å². The molecular formula is C11H18N5PS. The molecule has 0 radical (unpaired) electrons. The van der Waals surface area contributed by atoms with Crippen LogP contribution in [0.1, 0.15) is 5.56 Å². The number of nitrogens with zero attached hydrogens (tertiary/aromatic N) is 4. The molecule has 1 aromatic carbocycles. The molecule has 1 aliphatic rings. The van der Waals surface area contributed by atoms with Gasteiger partial charge in [-0.1, -0.05) is 30.3 Å². The first-order valence-corrected chi connectivity index (χ1v) is 8.29. The van der Waals surface area contributed by atoms with Crippen molar-refractivity contribution < 1.29 is 0 Å². The predicted molar refractivity (Wildman–Crippen MR) is 79.6 cm³/mol. The van der Waals surface area contributed by atoms with Crippen molar-refractivity contribution in [3.63, 3.8) is 0 Å². The van der Waals surface area contributed by atoms with Gasteiger partial charge in [-0.15, -0.1) is 0 Å². The number of amidine groups is 1. The van der Waals surface area contributed by atoms with Crippen LogP contribution in [0.25, 0.3) is 0 Å². The summed E-state index contributed by atoms with van der Waals surface area (Å²) in [6.45, 7) is -1.99. The second-order valence-electron chi connectivity index (χ2n) is 4.30. The molecule has 0 aromatic heterocycles. The van der Waals surface area contributed by atoms with Gasteiger partial charge in [-0.3, -0.25) is 10.1 Å². The number of hydrogen-bond acceptors (Lipinski definition) is 3. The minimum atomic E-state index is -1.99. The van der Waals surface area contributed by atoms with Crippen LogP contribution in [0.4, 0.5) is 0 Å². The Kier molecular flexibility index (Phi) is 3.73. The number of benzene rings is 1. The van der Waals surface area contributed by atoms with E-state index in [1.54, 1.807) is 0 Å². The molecule has 0 bridgehead atoms. The van der Waals surface area contributed by atoms with Gasteiger partial charge in [-0.2, -0.15) is 9.88 Å². The maximum atomic E-state index is 5.74. The number of rotatable bonds is 2.